The second-order valence-corrected chi connectivity index (χ2v) is 9.10. The van der Waals surface area contributed by atoms with E-state index in [9.17, 15) is 0 Å². The van der Waals surface area contributed by atoms with Gasteiger partial charge in [-0.1, -0.05) is 84.0 Å². The van der Waals surface area contributed by atoms with E-state index in [0.29, 0.717) is 0 Å². The van der Waals surface area contributed by atoms with Crippen LogP contribution in [-0.2, 0) is 10.8 Å². The quantitative estimate of drug-likeness (QED) is 0.437. The Hall–Kier alpha value is -2.41. The van der Waals surface area contributed by atoms with Gasteiger partial charge in [0.25, 0.3) is 0 Å². The average molecular weight is 344 g/mol. The molecule has 0 saturated carbocycles. The van der Waals surface area contributed by atoms with E-state index in [4.69, 9.17) is 4.99 Å². The van der Waals surface area contributed by atoms with Crippen LogP contribution in [0.25, 0.3) is 10.8 Å². The summed E-state index contributed by atoms with van der Waals surface area (Å²) in [6.45, 7) is 13.6. The van der Waals surface area contributed by atoms with Gasteiger partial charge >= 0.3 is 0 Å². The Kier molecular flexibility index (Phi) is 4.75. The van der Waals surface area contributed by atoms with Crippen molar-refractivity contribution in [2.75, 3.05) is 0 Å². The average Bonchev–Trinajstić information content (AvgIpc) is 2.58. The molecule has 0 radical (unpaired) electrons. The molecule has 0 atom stereocenters. The van der Waals surface area contributed by atoms with Crippen molar-refractivity contribution in [3.05, 3.63) is 77.4 Å². The number of rotatable bonds is 2. The van der Waals surface area contributed by atoms with Gasteiger partial charge in [0.1, 0.15) is 0 Å². The van der Waals surface area contributed by atoms with Crippen molar-refractivity contribution >= 4 is 22.7 Å². The first-order valence-corrected chi connectivity index (χ1v) is 9.32. The van der Waals surface area contributed by atoms with E-state index in [0.717, 1.165) is 11.3 Å². The van der Waals surface area contributed by atoms with Crippen LogP contribution < -0.4 is 0 Å². The molecule has 0 aromatic heterocycles. The first-order chi connectivity index (χ1) is 12.1. The zero-order chi connectivity index (χ0) is 18.9. The molecule has 0 aliphatic carbocycles. The van der Waals surface area contributed by atoms with Crippen molar-refractivity contribution in [2.45, 2.75) is 52.4 Å². The molecule has 0 spiro atoms. The molecule has 3 rings (SSSR count). The van der Waals surface area contributed by atoms with Crippen molar-refractivity contribution < 1.29 is 0 Å². The molecule has 3 aromatic carbocycles. The van der Waals surface area contributed by atoms with Gasteiger partial charge < -0.3 is 0 Å². The van der Waals surface area contributed by atoms with Gasteiger partial charge in [-0.05, 0) is 51.1 Å². The first-order valence-electron chi connectivity index (χ1n) is 9.32. The number of fused-ring (bicyclic) bond motifs is 1. The molecule has 0 fully saturated rings. The highest BCUT2D eigenvalue weighted by molar-refractivity contribution is 5.95. The molecule has 3 aromatic rings. The summed E-state index contributed by atoms with van der Waals surface area (Å²) in [6, 6.07) is 21.6. The van der Waals surface area contributed by atoms with Crippen molar-refractivity contribution in [1.29, 1.82) is 0 Å². The molecule has 0 unspecified atom stereocenters. The van der Waals surface area contributed by atoms with Crippen LogP contribution in [-0.4, -0.2) is 6.21 Å². The van der Waals surface area contributed by atoms with Gasteiger partial charge in [0.15, 0.2) is 0 Å². The lowest BCUT2D eigenvalue weighted by Crippen LogP contribution is -2.17. The largest absolute Gasteiger partial charge is 0.256 e. The summed E-state index contributed by atoms with van der Waals surface area (Å²) >= 11 is 0. The van der Waals surface area contributed by atoms with E-state index in [-0.39, 0.29) is 10.8 Å². The molecule has 0 aliphatic rings. The highest BCUT2D eigenvalue weighted by atomic mass is 14.7. The summed E-state index contributed by atoms with van der Waals surface area (Å²) in [5.74, 6) is 0. The van der Waals surface area contributed by atoms with E-state index in [2.05, 4.69) is 102 Å². The first kappa shape index (κ1) is 18.4. The molecule has 0 aliphatic heterocycles. The SMILES string of the molecule is CC(C)(C)c1cc(C=Nc2cccc3ccccc23)cc(C(C)(C)C)c1. The van der Waals surface area contributed by atoms with Gasteiger partial charge in [0.05, 0.1) is 5.69 Å². The zero-order valence-corrected chi connectivity index (χ0v) is 16.8. The normalized spacial score (nSPS) is 12.8. The Labute approximate surface area is 157 Å². The number of hydrogen-bond donors (Lipinski definition) is 0. The predicted molar refractivity (Wildman–Crippen MR) is 115 cm³/mol. The molecule has 0 amide bonds. The summed E-state index contributed by atoms with van der Waals surface area (Å²) in [5, 5.41) is 2.41. The molecule has 1 heteroatoms. The minimum atomic E-state index is 0.114. The smallest absolute Gasteiger partial charge is 0.0708 e. The fourth-order valence-corrected chi connectivity index (χ4v) is 3.06. The highest BCUT2D eigenvalue weighted by Gasteiger charge is 2.20. The molecular weight excluding hydrogens is 314 g/mol. The molecule has 1 nitrogen and oxygen atoms in total. The van der Waals surface area contributed by atoms with Gasteiger partial charge in [-0.2, -0.15) is 0 Å². The Bertz CT molecular complexity index is 912. The molecule has 0 heterocycles. The standard InChI is InChI=1S/C25H29N/c1-24(2,3)20-14-18(15-21(16-20)25(4,5)6)17-26-23-13-9-11-19-10-7-8-12-22(19)23/h7-17H,1-6H3. The summed E-state index contributed by atoms with van der Waals surface area (Å²) in [5.41, 5.74) is 5.11. The number of nitrogens with zero attached hydrogens (tertiary/aromatic N) is 1. The third kappa shape index (κ3) is 4.04. The van der Waals surface area contributed by atoms with Crippen molar-refractivity contribution in [3.8, 4) is 0 Å². The lowest BCUT2D eigenvalue weighted by molar-refractivity contribution is 0.568. The Morgan fingerprint density at radius 3 is 1.88 bits per heavy atom. The van der Waals surface area contributed by atoms with Gasteiger partial charge in [0.2, 0.25) is 0 Å². The molecule has 0 bridgehead atoms. The zero-order valence-electron chi connectivity index (χ0n) is 16.8. The summed E-state index contributed by atoms with van der Waals surface area (Å²) in [7, 11) is 0. The topological polar surface area (TPSA) is 12.4 Å². The maximum absolute atomic E-state index is 4.83. The molecule has 0 saturated heterocycles. The van der Waals surface area contributed by atoms with Gasteiger partial charge in [-0.15, -0.1) is 0 Å². The predicted octanol–water partition coefficient (Wildman–Crippen LogP) is 7.19. The molecular formula is C25H29N. The minimum absolute atomic E-state index is 0.114. The van der Waals surface area contributed by atoms with Crippen LogP contribution in [0.5, 0.6) is 0 Å². The lowest BCUT2D eigenvalue weighted by Gasteiger charge is -2.25. The van der Waals surface area contributed by atoms with Crippen molar-refractivity contribution in [2.24, 2.45) is 4.99 Å². The van der Waals surface area contributed by atoms with Crippen LogP contribution >= 0.6 is 0 Å². The van der Waals surface area contributed by atoms with E-state index < -0.39 is 0 Å². The number of hydrogen-bond acceptors (Lipinski definition) is 1. The Balaban J connectivity index is 2.07. The van der Waals surface area contributed by atoms with E-state index in [1.807, 2.05) is 6.21 Å². The third-order valence-corrected chi connectivity index (χ3v) is 4.81. The molecule has 134 valence electrons. The van der Waals surface area contributed by atoms with Crippen LogP contribution in [0, 0.1) is 0 Å². The Morgan fingerprint density at radius 1 is 0.692 bits per heavy atom. The second kappa shape index (κ2) is 6.72. The number of aliphatic imine (C=N–C) groups is 1. The van der Waals surface area contributed by atoms with E-state index >= 15 is 0 Å². The highest BCUT2D eigenvalue weighted by Crippen LogP contribution is 2.30. The second-order valence-electron chi connectivity index (χ2n) is 9.10. The molecule has 0 N–H and O–H groups in total. The van der Waals surface area contributed by atoms with Gasteiger partial charge in [0, 0.05) is 11.6 Å². The van der Waals surface area contributed by atoms with Crippen LogP contribution in [0.1, 0.15) is 58.2 Å². The Morgan fingerprint density at radius 2 is 1.27 bits per heavy atom. The lowest BCUT2D eigenvalue weighted by atomic mass is 9.79. The fourth-order valence-electron chi connectivity index (χ4n) is 3.06. The van der Waals surface area contributed by atoms with Gasteiger partial charge in [-0.3, -0.25) is 4.99 Å². The van der Waals surface area contributed by atoms with Crippen LogP contribution in [0.4, 0.5) is 5.69 Å². The summed E-state index contributed by atoms with van der Waals surface area (Å²) in [4.78, 5) is 4.83. The monoisotopic (exact) mass is 343 g/mol. The minimum Gasteiger partial charge on any atom is -0.256 e. The maximum atomic E-state index is 4.83. The summed E-state index contributed by atoms with van der Waals surface area (Å²) in [6.07, 6.45) is 2.01. The maximum Gasteiger partial charge on any atom is 0.0708 e. The van der Waals surface area contributed by atoms with E-state index in [1.54, 1.807) is 0 Å². The van der Waals surface area contributed by atoms with Gasteiger partial charge in [-0.25, -0.2) is 0 Å². The fraction of sp³-hybridized carbons (Fsp3) is 0.320. The third-order valence-electron chi connectivity index (χ3n) is 4.81. The van der Waals surface area contributed by atoms with Crippen molar-refractivity contribution in [1.82, 2.24) is 0 Å². The van der Waals surface area contributed by atoms with Crippen LogP contribution in [0.3, 0.4) is 0 Å². The van der Waals surface area contributed by atoms with Crippen LogP contribution in [0.2, 0.25) is 0 Å². The van der Waals surface area contributed by atoms with E-state index in [1.165, 1.54) is 21.9 Å². The molecule has 26 heavy (non-hydrogen) atoms. The van der Waals surface area contributed by atoms with Crippen molar-refractivity contribution in [3.63, 3.8) is 0 Å². The number of benzene rings is 3. The van der Waals surface area contributed by atoms with Crippen LogP contribution in [0.15, 0.2) is 65.7 Å². The summed E-state index contributed by atoms with van der Waals surface area (Å²) < 4.78 is 0.